The Morgan fingerprint density at radius 1 is 0.794 bits per heavy atom. The number of benzene rings is 2. The van der Waals surface area contributed by atoms with Crippen molar-refractivity contribution >= 4 is 23.7 Å². The summed E-state index contributed by atoms with van der Waals surface area (Å²) in [7, 11) is 0. The SMILES string of the molecule is NC(=O)CC[C@H](NC(=O)[C@H](CO)NCc1ccccc1)C(=O)N[C@@H](Cc1ccccc1)C(=O)O. The van der Waals surface area contributed by atoms with E-state index in [2.05, 4.69) is 16.0 Å². The van der Waals surface area contributed by atoms with E-state index < -0.39 is 48.4 Å². The molecule has 0 bridgehead atoms. The van der Waals surface area contributed by atoms with Crippen molar-refractivity contribution in [3.8, 4) is 0 Å². The summed E-state index contributed by atoms with van der Waals surface area (Å²) in [4.78, 5) is 48.6. The van der Waals surface area contributed by atoms with Gasteiger partial charge in [-0.3, -0.25) is 19.7 Å². The van der Waals surface area contributed by atoms with Crippen molar-refractivity contribution in [3.05, 3.63) is 71.8 Å². The number of carbonyl (C=O) groups is 4. The predicted octanol–water partition coefficient (Wildman–Crippen LogP) is -0.300. The first-order chi connectivity index (χ1) is 16.3. The number of carbonyl (C=O) groups excluding carboxylic acids is 3. The van der Waals surface area contributed by atoms with E-state index in [9.17, 15) is 29.4 Å². The highest BCUT2D eigenvalue weighted by Gasteiger charge is 2.29. The number of aliphatic carboxylic acids is 1. The molecule has 3 atom stereocenters. The lowest BCUT2D eigenvalue weighted by Crippen LogP contribution is -2.56. The maximum Gasteiger partial charge on any atom is 0.326 e. The molecular formula is C24H30N4O6. The number of aliphatic hydroxyl groups is 1. The molecule has 7 N–H and O–H groups in total. The molecule has 0 saturated heterocycles. The third kappa shape index (κ3) is 9.00. The van der Waals surface area contributed by atoms with Gasteiger partial charge in [-0.25, -0.2) is 4.79 Å². The number of nitrogens with two attached hydrogens (primary N) is 1. The Morgan fingerprint density at radius 2 is 1.32 bits per heavy atom. The van der Waals surface area contributed by atoms with Crippen molar-refractivity contribution in [2.45, 2.75) is 43.9 Å². The summed E-state index contributed by atoms with van der Waals surface area (Å²) in [6, 6.07) is 14.5. The summed E-state index contributed by atoms with van der Waals surface area (Å²) < 4.78 is 0. The molecule has 2 aromatic carbocycles. The molecule has 34 heavy (non-hydrogen) atoms. The van der Waals surface area contributed by atoms with E-state index in [0.29, 0.717) is 12.1 Å². The second-order valence-electron chi connectivity index (χ2n) is 7.76. The number of hydrogen-bond donors (Lipinski definition) is 6. The van der Waals surface area contributed by atoms with Gasteiger partial charge in [-0.1, -0.05) is 60.7 Å². The van der Waals surface area contributed by atoms with Gasteiger partial charge < -0.3 is 26.6 Å². The normalized spacial score (nSPS) is 13.3. The topological polar surface area (TPSA) is 171 Å². The zero-order chi connectivity index (χ0) is 24.9. The molecule has 3 amide bonds. The van der Waals surface area contributed by atoms with Gasteiger partial charge in [0.25, 0.3) is 0 Å². The third-order valence-corrected chi connectivity index (χ3v) is 5.10. The van der Waals surface area contributed by atoms with Crippen molar-refractivity contribution in [1.82, 2.24) is 16.0 Å². The molecule has 0 saturated carbocycles. The van der Waals surface area contributed by atoms with Crippen LogP contribution in [0.3, 0.4) is 0 Å². The van der Waals surface area contributed by atoms with Crippen LogP contribution in [0.2, 0.25) is 0 Å². The lowest BCUT2D eigenvalue weighted by atomic mass is 10.0. The lowest BCUT2D eigenvalue weighted by molar-refractivity contribution is -0.142. The monoisotopic (exact) mass is 470 g/mol. The number of aliphatic hydroxyl groups excluding tert-OH is 1. The first-order valence-electron chi connectivity index (χ1n) is 10.8. The molecule has 0 aliphatic rings. The van der Waals surface area contributed by atoms with E-state index in [1.54, 1.807) is 30.3 Å². The fourth-order valence-electron chi connectivity index (χ4n) is 3.23. The summed E-state index contributed by atoms with van der Waals surface area (Å²) in [5.74, 6) is -3.35. The number of primary amides is 1. The Bertz CT molecular complexity index is 954. The Kier molecular flexibility index (Phi) is 10.7. The lowest BCUT2D eigenvalue weighted by Gasteiger charge is -2.24. The van der Waals surface area contributed by atoms with Crippen LogP contribution in [0.5, 0.6) is 0 Å². The number of carboxylic acids is 1. The van der Waals surface area contributed by atoms with E-state index in [4.69, 9.17) is 5.73 Å². The summed E-state index contributed by atoms with van der Waals surface area (Å²) >= 11 is 0. The molecule has 0 spiro atoms. The average Bonchev–Trinajstić information content (AvgIpc) is 2.82. The molecular weight excluding hydrogens is 440 g/mol. The fraction of sp³-hybridized carbons (Fsp3) is 0.333. The Morgan fingerprint density at radius 3 is 1.85 bits per heavy atom. The van der Waals surface area contributed by atoms with E-state index >= 15 is 0 Å². The molecule has 10 nitrogen and oxygen atoms in total. The quantitative estimate of drug-likeness (QED) is 0.220. The van der Waals surface area contributed by atoms with Gasteiger partial charge in [0, 0.05) is 19.4 Å². The molecule has 0 aromatic heterocycles. The molecule has 0 unspecified atom stereocenters. The number of nitrogens with one attached hydrogen (secondary N) is 3. The van der Waals surface area contributed by atoms with Crippen molar-refractivity contribution in [2.75, 3.05) is 6.61 Å². The first kappa shape index (κ1) is 26.5. The summed E-state index contributed by atoms with van der Waals surface area (Å²) in [6.07, 6.45) is -0.284. The average molecular weight is 471 g/mol. The van der Waals surface area contributed by atoms with Crippen LogP contribution in [0.4, 0.5) is 0 Å². The molecule has 182 valence electrons. The second-order valence-corrected chi connectivity index (χ2v) is 7.76. The molecule has 0 aliphatic heterocycles. The fourth-order valence-corrected chi connectivity index (χ4v) is 3.23. The van der Waals surface area contributed by atoms with Gasteiger partial charge in [-0.15, -0.1) is 0 Å². The Balaban J connectivity index is 2.06. The molecule has 0 heterocycles. The van der Waals surface area contributed by atoms with Crippen LogP contribution in [0.1, 0.15) is 24.0 Å². The highest BCUT2D eigenvalue weighted by Crippen LogP contribution is 2.06. The maximum atomic E-state index is 12.9. The Hall–Kier alpha value is -3.76. The van der Waals surface area contributed by atoms with Crippen molar-refractivity contribution in [2.24, 2.45) is 5.73 Å². The third-order valence-electron chi connectivity index (χ3n) is 5.10. The number of rotatable bonds is 14. The summed E-state index contributed by atoms with van der Waals surface area (Å²) in [6.45, 7) is -0.232. The summed E-state index contributed by atoms with van der Waals surface area (Å²) in [5.41, 5.74) is 6.79. The highest BCUT2D eigenvalue weighted by atomic mass is 16.4. The van der Waals surface area contributed by atoms with Gasteiger partial charge in [-0.05, 0) is 17.5 Å². The summed E-state index contributed by atoms with van der Waals surface area (Å²) in [5, 5.41) is 27.0. The van der Waals surface area contributed by atoms with E-state index in [1.807, 2.05) is 30.3 Å². The van der Waals surface area contributed by atoms with Gasteiger partial charge >= 0.3 is 5.97 Å². The zero-order valence-electron chi connectivity index (χ0n) is 18.6. The van der Waals surface area contributed by atoms with Crippen LogP contribution in [0.15, 0.2) is 60.7 Å². The smallest absolute Gasteiger partial charge is 0.326 e. The Labute approximate surface area is 197 Å². The molecule has 2 aromatic rings. The van der Waals surface area contributed by atoms with Crippen molar-refractivity contribution in [1.29, 1.82) is 0 Å². The van der Waals surface area contributed by atoms with Crippen LogP contribution >= 0.6 is 0 Å². The zero-order valence-corrected chi connectivity index (χ0v) is 18.6. The highest BCUT2D eigenvalue weighted by molar-refractivity contribution is 5.92. The molecule has 2 rings (SSSR count). The minimum atomic E-state index is -1.24. The van der Waals surface area contributed by atoms with Crippen molar-refractivity contribution in [3.63, 3.8) is 0 Å². The van der Waals surface area contributed by atoms with Crippen LogP contribution in [0.25, 0.3) is 0 Å². The number of carboxylic acid groups (broad SMARTS) is 1. The van der Waals surface area contributed by atoms with Crippen molar-refractivity contribution < 1.29 is 29.4 Å². The van der Waals surface area contributed by atoms with Gasteiger partial charge in [0.15, 0.2) is 0 Å². The predicted molar refractivity (Wildman–Crippen MR) is 124 cm³/mol. The molecule has 0 fully saturated rings. The van der Waals surface area contributed by atoms with Crippen LogP contribution in [-0.2, 0) is 32.1 Å². The molecule has 10 heteroatoms. The van der Waals surface area contributed by atoms with Gasteiger partial charge in [0.05, 0.1) is 6.61 Å². The van der Waals surface area contributed by atoms with E-state index in [-0.39, 0.29) is 19.3 Å². The molecule has 0 radical (unpaired) electrons. The maximum absolute atomic E-state index is 12.9. The second kappa shape index (κ2) is 13.7. The minimum absolute atomic E-state index is 0.0380. The van der Waals surface area contributed by atoms with Gasteiger partial charge in [0.1, 0.15) is 18.1 Å². The molecule has 0 aliphatic carbocycles. The standard InChI is InChI=1S/C24H30N4O6/c25-21(30)12-11-18(22(31)28-19(24(33)34)13-16-7-3-1-4-8-16)27-23(32)20(15-29)26-14-17-9-5-2-6-10-17/h1-10,18-20,26,29H,11-15H2,(H2,25,30)(H,27,32)(H,28,31)(H,33,34)/t18-,19-,20-/m0/s1. The van der Waals surface area contributed by atoms with E-state index in [1.165, 1.54) is 0 Å². The first-order valence-corrected chi connectivity index (χ1v) is 10.8. The van der Waals surface area contributed by atoms with Crippen LogP contribution in [-0.4, -0.2) is 58.6 Å². The van der Waals surface area contributed by atoms with Crippen LogP contribution < -0.4 is 21.7 Å². The largest absolute Gasteiger partial charge is 0.480 e. The van der Waals surface area contributed by atoms with Gasteiger partial charge in [0.2, 0.25) is 17.7 Å². The number of hydrogen-bond acceptors (Lipinski definition) is 6. The minimum Gasteiger partial charge on any atom is -0.480 e. The van der Waals surface area contributed by atoms with Crippen LogP contribution in [0, 0.1) is 0 Å². The van der Waals surface area contributed by atoms with E-state index in [0.717, 1.165) is 5.56 Å². The van der Waals surface area contributed by atoms with Gasteiger partial charge in [-0.2, -0.15) is 0 Å². The number of amides is 3.